The Morgan fingerprint density at radius 3 is 2.60 bits per heavy atom. The first-order chi connectivity index (χ1) is 6.91. The van der Waals surface area contributed by atoms with E-state index in [1.165, 1.54) is 5.48 Å². The van der Waals surface area contributed by atoms with E-state index in [9.17, 15) is 22.8 Å². The lowest BCUT2D eigenvalue weighted by Crippen LogP contribution is -2.34. The molecular weight excluding hydrogens is 223 g/mol. The summed E-state index contributed by atoms with van der Waals surface area (Å²) in [5.74, 6) is -4.45. The Bertz CT molecular complexity index is 360. The van der Waals surface area contributed by atoms with Gasteiger partial charge < -0.3 is 9.25 Å². The third kappa shape index (κ3) is 2.93. The molecule has 0 unspecified atom stereocenters. The summed E-state index contributed by atoms with van der Waals surface area (Å²) in [6.07, 6.45) is -4.41. The van der Waals surface area contributed by atoms with Crippen molar-refractivity contribution in [3.63, 3.8) is 0 Å². The highest BCUT2D eigenvalue weighted by Crippen LogP contribution is 2.15. The zero-order valence-corrected chi connectivity index (χ0v) is 6.74. The van der Waals surface area contributed by atoms with Gasteiger partial charge in [-0.15, -0.1) is 10.2 Å². The SMILES string of the molecule is O=C(NOC(=O)C(F)(F)F)c1nnco1. The molecule has 0 saturated carbocycles. The number of halogens is 3. The molecule has 0 aromatic carbocycles. The van der Waals surface area contributed by atoms with E-state index in [0.29, 0.717) is 0 Å². The number of carbonyl (C=O) groups excluding carboxylic acids is 2. The molecule has 0 bridgehead atoms. The molecule has 82 valence electrons. The lowest BCUT2D eigenvalue weighted by molar-refractivity contribution is -0.204. The summed E-state index contributed by atoms with van der Waals surface area (Å²) in [5.41, 5.74) is 1.19. The Morgan fingerprint density at radius 2 is 2.13 bits per heavy atom. The molecule has 0 spiro atoms. The fourth-order valence-corrected chi connectivity index (χ4v) is 0.466. The number of hydroxylamine groups is 1. The van der Waals surface area contributed by atoms with Gasteiger partial charge in [-0.3, -0.25) is 4.79 Å². The van der Waals surface area contributed by atoms with Crippen LogP contribution in [0.25, 0.3) is 0 Å². The van der Waals surface area contributed by atoms with Crippen molar-refractivity contribution in [2.75, 3.05) is 0 Å². The van der Waals surface area contributed by atoms with Crippen LogP contribution in [0.4, 0.5) is 13.2 Å². The summed E-state index contributed by atoms with van der Waals surface area (Å²) >= 11 is 0. The molecule has 1 aromatic rings. The maximum absolute atomic E-state index is 11.6. The van der Waals surface area contributed by atoms with Crippen molar-refractivity contribution < 1.29 is 32.0 Å². The van der Waals surface area contributed by atoms with E-state index < -0.39 is 23.9 Å². The summed E-state index contributed by atoms with van der Waals surface area (Å²) in [7, 11) is 0. The normalized spacial score (nSPS) is 10.9. The number of rotatable bonds is 1. The van der Waals surface area contributed by atoms with E-state index in [4.69, 9.17) is 0 Å². The molecule has 1 heterocycles. The van der Waals surface area contributed by atoms with Crippen LogP contribution in [0.1, 0.15) is 10.7 Å². The number of aromatic nitrogens is 2. The molecule has 10 heteroatoms. The van der Waals surface area contributed by atoms with E-state index in [1.807, 2.05) is 0 Å². The van der Waals surface area contributed by atoms with Gasteiger partial charge in [-0.25, -0.2) is 4.79 Å². The van der Waals surface area contributed by atoms with Gasteiger partial charge in [-0.05, 0) is 0 Å². The molecule has 15 heavy (non-hydrogen) atoms. The van der Waals surface area contributed by atoms with Crippen molar-refractivity contribution >= 4 is 11.9 Å². The predicted octanol–water partition coefficient (Wildman–Crippen LogP) is -0.180. The molecule has 1 rings (SSSR count). The van der Waals surface area contributed by atoms with E-state index in [1.54, 1.807) is 0 Å². The van der Waals surface area contributed by atoms with Gasteiger partial charge in [-0.1, -0.05) is 0 Å². The zero-order chi connectivity index (χ0) is 11.5. The molecule has 0 aliphatic rings. The Kier molecular flexibility index (Phi) is 2.87. The second kappa shape index (κ2) is 3.94. The van der Waals surface area contributed by atoms with Crippen molar-refractivity contribution in [1.82, 2.24) is 15.7 Å². The lowest BCUT2D eigenvalue weighted by atomic mass is 10.6. The summed E-state index contributed by atoms with van der Waals surface area (Å²) in [6.45, 7) is 0. The number of carbonyl (C=O) groups is 2. The number of alkyl halides is 3. The first kappa shape index (κ1) is 10.9. The number of nitrogens with one attached hydrogen (secondary N) is 1. The Labute approximate surface area is 79.2 Å². The van der Waals surface area contributed by atoms with Gasteiger partial charge in [0.25, 0.3) is 0 Å². The number of hydrogen-bond acceptors (Lipinski definition) is 6. The van der Waals surface area contributed by atoms with Crippen LogP contribution in [0.5, 0.6) is 0 Å². The van der Waals surface area contributed by atoms with Crippen molar-refractivity contribution in [1.29, 1.82) is 0 Å². The monoisotopic (exact) mass is 225 g/mol. The first-order valence-electron chi connectivity index (χ1n) is 3.26. The highest BCUT2D eigenvalue weighted by Gasteiger charge is 2.42. The molecule has 7 nitrogen and oxygen atoms in total. The quantitative estimate of drug-likeness (QED) is 0.666. The van der Waals surface area contributed by atoms with Gasteiger partial charge in [-0.2, -0.15) is 18.7 Å². The minimum absolute atomic E-state index is 0.634. The van der Waals surface area contributed by atoms with Gasteiger partial charge in [0.1, 0.15) is 0 Å². The van der Waals surface area contributed by atoms with Gasteiger partial charge in [0.2, 0.25) is 6.39 Å². The average Bonchev–Trinajstić information content (AvgIpc) is 2.64. The van der Waals surface area contributed by atoms with E-state index in [2.05, 4.69) is 19.5 Å². The number of hydrogen-bond donors (Lipinski definition) is 1. The van der Waals surface area contributed by atoms with Crippen molar-refractivity contribution in [2.45, 2.75) is 6.18 Å². The second-order valence-corrected chi connectivity index (χ2v) is 2.06. The zero-order valence-electron chi connectivity index (χ0n) is 6.74. The highest BCUT2D eigenvalue weighted by molar-refractivity contribution is 5.89. The molecule has 1 N–H and O–H groups in total. The van der Waals surface area contributed by atoms with Crippen LogP contribution in [-0.2, 0) is 9.63 Å². The molecule has 0 saturated heterocycles. The van der Waals surface area contributed by atoms with E-state index in [0.717, 1.165) is 6.39 Å². The summed E-state index contributed by atoms with van der Waals surface area (Å²) in [5, 5.41) is 6.13. The van der Waals surface area contributed by atoms with Crippen LogP contribution >= 0.6 is 0 Å². The standard InChI is InChI=1S/C5H2F3N3O4/c6-5(7,8)4(13)15-11-2(12)3-10-9-1-14-3/h1H,(H,11,12). The van der Waals surface area contributed by atoms with Crippen molar-refractivity contribution in [3.05, 3.63) is 12.3 Å². The summed E-state index contributed by atoms with van der Waals surface area (Å²) in [4.78, 5) is 24.3. The topological polar surface area (TPSA) is 94.3 Å². The number of amides is 1. The van der Waals surface area contributed by atoms with Crippen LogP contribution in [-0.4, -0.2) is 28.3 Å². The maximum Gasteiger partial charge on any atom is 0.493 e. The molecule has 1 aromatic heterocycles. The van der Waals surface area contributed by atoms with Crippen LogP contribution in [0, 0.1) is 0 Å². The summed E-state index contributed by atoms with van der Waals surface area (Å²) in [6, 6.07) is 0. The number of nitrogens with zero attached hydrogens (tertiary/aromatic N) is 2. The van der Waals surface area contributed by atoms with Gasteiger partial charge >= 0.3 is 23.9 Å². The smallest absolute Gasteiger partial charge is 0.420 e. The molecule has 0 atom stereocenters. The predicted molar refractivity (Wildman–Crippen MR) is 33.9 cm³/mol. The Morgan fingerprint density at radius 1 is 1.47 bits per heavy atom. The minimum atomic E-state index is -5.19. The first-order valence-corrected chi connectivity index (χ1v) is 3.26. The average molecular weight is 225 g/mol. The van der Waals surface area contributed by atoms with E-state index >= 15 is 0 Å². The minimum Gasteiger partial charge on any atom is -0.420 e. The molecule has 1 amide bonds. The third-order valence-corrected chi connectivity index (χ3v) is 1.02. The van der Waals surface area contributed by atoms with Crippen molar-refractivity contribution in [3.8, 4) is 0 Å². The fourth-order valence-electron chi connectivity index (χ4n) is 0.466. The molecule has 0 radical (unpaired) electrons. The third-order valence-electron chi connectivity index (χ3n) is 1.02. The van der Waals surface area contributed by atoms with E-state index in [-0.39, 0.29) is 0 Å². The van der Waals surface area contributed by atoms with Crippen LogP contribution in [0.15, 0.2) is 10.8 Å². The molecular formula is C5H2F3N3O4. The Balaban J connectivity index is 2.45. The van der Waals surface area contributed by atoms with Crippen LogP contribution < -0.4 is 5.48 Å². The lowest BCUT2D eigenvalue weighted by Gasteiger charge is -2.05. The highest BCUT2D eigenvalue weighted by atomic mass is 19.4. The molecule has 0 aliphatic heterocycles. The fraction of sp³-hybridized carbons (Fsp3) is 0.200. The largest absolute Gasteiger partial charge is 0.493 e. The van der Waals surface area contributed by atoms with Crippen LogP contribution in [0.3, 0.4) is 0 Å². The van der Waals surface area contributed by atoms with Crippen LogP contribution in [0.2, 0.25) is 0 Å². The molecule has 0 aliphatic carbocycles. The second-order valence-electron chi connectivity index (χ2n) is 2.06. The van der Waals surface area contributed by atoms with Gasteiger partial charge in [0.15, 0.2) is 0 Å². The van der Waals surface area contributed by atoms with Gasteiger partial charge in [0, 0.05) is 0 Å². The van der Waals surface area contributed by atoms with Gasteiger partial charge in [0.05, 0.1) is 0 Å². The Hall–Kier alpha value is -2.13. The molecule has 0 fully saturated rings. The van der Waals surface area contributed by atoms with Crippen molar-refractivity contribution in [2.24, 2.45) is 0 Å². The maximum atomic E-state index is 11.6. The summed E-state index contributed by atoms with van der Waals surface area (Å²) < 4.78 is 39.0.